The van der Waals surface area contributed by atoms with Gasteiger partial charge in [-0.1, -0.05) is 0 Å². The molecule has 0 radical (unpaired) electrons. The van der Waals surface area contributed by atoms with E-state index in [1.54, 1.807) is 0 Å². The second kappa shape index (κ2) is 8.68. The van der Waals surface area contributed by atoms with Crippen LogP contribution in [0.5, 0.6) is 0 Å². The zero-order valence-corrected chi connectivity index (χ0v) is 9.81. The van der Waals surface area contributed by atoms with Crippen LogP contribution in [0.1, 0.15) is 6.42 Å². The minimum atomic E-state index is -5.08. The van der Waals surface area contributed by atoms with E-state index in [1.807, 2.05) is 5.32 Å². The topological polar surface area (TPSA) is 173 Å². The van der Waals surface area contributed by atoms with Gasteiger partial charge in [-0.05, 0) is 0 Å². The standard InChI is InChI=1S/C6H11N3O4.C2HF3O2/c7-2-5(11)9-3(6(12)13)1-4(8)10;3-2(4,5)1(6)7/h3H,1-2,7H2,(H2,8,10)(H,9,11)(H,12,13);(H,6,7)/t3-;/m0./s1. The predicted octanol–water partition coefficient (Wildman–Crippen LogP) is -1.98. The molecule has 0 aliphatic rings. The molecule has 0 aromatic heterocycles. The molecule has 0 aliphatic carbocycles. The third-order valence-corrected chi connectivity index (χ3v) is 1.47. The summed E-state index contributed by atoms with van der Waals surface area (Å²) in [6.45, 7) is -0.331. The van der Waals surface area contributed by atoms with Crippen molar-refractivity contribution in [3.63, 3.8) is 0 Å². The van der Waals surface area contributed by atoms with E-state index in [0.29, 0.717) is 0 Å². The van der Waals surface area contributed by atoms with Crippen LogP contribution in [-0.2, 0) is 19.2 Å². The lowest BCUT2D eigenvalue weighted by molar-refractivity contribution is -0.192. The number of carboxylic acids is 2. The summed E-state index contributed by atoms with van der Waals surface area (Å²) >= 11 is 0. The number of carbonyl (C=O) groups is 4. The summed E-state index contributed by atoms with van der Waals surface area (Å²) in [5.41, 5.74) is 9.69. The van der Waals surface area contributed by atoms with E-state index >= 15 is 0 Å². The largest absolute Gasteiger partial charge is 0.490 e. The van der Waals surface area contributed by atoms with Crippen molar-refractivity contribution >= 4 is 23.8 Å². The summed E-state index contributed by atoms with van der Waals surface area (Å²) in [4.78, 5) is 40.3. The monoisotopic (exact) mass is 303 g/mol. The van der Waals surface area contributed by atoms with E-state index in [9.17, 15) is 27.6 Å². The fraction of sp³-hybridized carbons (Fsp3) is 0.500. The Morgan fingerprint density at radius 3 is 1.75 bits per heavy atom. The Bertz CT molecular complexity index is 384. The molecule has 0 aromatic rings. The average Bonchev–Trinajstić information content (AvgIpc) is 2.26. The van der Waals surface area contributed by atoms with Gasteiger partial charge in [-0.25, -0.2) is 9.59 Å². The quantitative estimate of drug-likeness (QED) is 0.391. The number of hydrogen-bond acceptors (Lipinski definition) is 5. The molecule has 20 heavy (non-hydrogen) atoms. The summed E-state index contributed by atoms with van der Waals surface area (Å²) < 4.78 is 31.7. The van der Waals surface area contributed by atoms with Crippen LogP contribution in [0.15, 0.2) is 0 Å². The van der Waals surface area contributed by atoms with Crippen molar-refractivity contribution in [2.45, 2.75) is 18.6 Å². The van der Waals surface area contributed by atoms with Gasteiger partial charge in [-0.3, -0.25) is 9.59 Å². The molecular formula is C8H12F3N3O6. The zero-order valence-electron chi connectivity index (χ0n) is 9.81. The van der Waals surface area contributed by atoms with Crippen molar-refractivity contribution < 1.29 is 42.6 Å². The SMILES string of the molecule is NCC(=O)N[C@@H](CC(N)=O)C(=O)O.O=C(O)C(F)(F)F. The van der Waals surface area contributed by atoms with E-state index < -0.39 is 42.4 Å². The molecule has 0 aromatic carbocycles. The van der Waals surface area contributed by atoms with Gasteiger partial charge in [0.2, 0.25) is 11.8 Å². The molecule has 116 valence electrons. The minimum Gasteiger partial charge on any atom is -0.480 e. The Hall–Kier alpha value is -2.37. The van der Waals surface area contributed by atoms with Crippen molar-refractivity contribution in [3.8, 4) is 0 Å². The molecule has 0 spiro atoms. The van der Waals surface area contributed by atoms with Gasteiger partial charge >= 0.3 is 18.1 Å². The molecule has 0 aliphatic heterocycles. The van der Waals surface area contributed by atoms with E-state index in [4.69, 9.17) is 26.5 Å². The van der Waals surface area contributed by atoms with Gasteiger partial charge in [0.05, 0.1) is 13.0 Å². The molecule has 1 atom stereocenters. The number of nitrogens with one attached hydrogen (secondary N) is 1. The van der Waals surface area contributed by atoms with Gasteiger partial charge < -0.3 is 27.0 Å². The maximum absolute atomic E-state index is 10.7. The van der Waals surface area contributed by atoms with E-state index in [-0.39, 0.29) is 6.54 Å². The summed E-state index contributed by atoms with van der Waals surface area (Å²) in [6.07, 6.45) is -5.53. The Morgan fingerprint density at radius 2 is 1.55 bits per heavy atom. The van der Waals surface area contributed by atoms with Crippen LogP contribution in [-0.4, -0.2) is 52.7 Å². The lowest BCUT2D eigenvalue weighted by Gasteiger charge is -2.11. The number of amides is 2. The Labute approximate surface area is 109 Å². The highest BCUT2D eigenvalue weighted by molar-refractivity contribution is 5.88. The van der Waals surface area contributed by atoms with Gasteiger partial charge in [0, 0.05) is 0 Å². The normalized spacial score (nSPS) is 11.6. The van der Waals surface area contributed by atoms with Crippen molar-refractivity contribution in [2.24, 2.45) is 11.5 Å². The van der Waals surface area contributed by atoms with Crippen LogP contribution >= 0.6 is 0 Å². The van der Waals surface area contributed by atoms with Crippen LogP contribution < -0.4 is 16.8 Å². The van der Waals surface area contributed by atoms with Gasteiger partial charge in [0.1, 0.15) is 6.04 Å². The highest BCUT2D eigenvalue weighted by Crippen LogP contribution is 2.13. The number of primary amides is 1. The maximum atomic E-state index is 10.7. The number of carbonyl (C=O) groups excluding carboxylic acids is 2. The third kappa shape index (κ3) is 10.8. The van der Waals surface area contributed by atoms with Crippen LogP contribution in [0.4, 0.5) is 13.2 Å². The lowest BCUT2D eigenvalue weighted by Crippen LogP contribution is -2.45. The summed E-state index contributed by atoms with van der Waals surface area (Å²) in [5, 5.41) is 17.7. The van der Waals surface area contributed by atoms with E-state index in [1.165, 1.54) is 0 Å². The smallest absolute Gasteiger partial charge is 0.480 e. The number of rotatable bonds is 5. The second-order valence-electron chi connectivity index (χ2n) is 3.14. The number of alkyl halides is 3. The first-order valence-electron chi connectivity index (χ1n) is 4.72. The number of nitrogens with two attached hydrogens (primary N) is 2. The zero-order chi connectivity index (χ0) is 16.5. The fourth-order valence-electron chi connectivity index (χ4n) is 0.655. The summed E-state index contributed by atoms with van der Waals surface area (Å²) in [6, 6.07) is -1.30. The minimum absolute atomic E-state index is 0.331. The molecule has 0 saturated heterocycles. The lowest BCUT2D eigenvalue weighted by atomic mass is 10.2. The number of halogens is 3. The van der Waals surface area contributed by atoms with Gasteiger partial charge in [0.25, 0.3) is 0 Å². The first-order valence-corrected chi connectivity index (χ1v) is 4.72. The van der Waals surface area contributed by atoms with Crippen LogP contribution in [0.25, 0.3) is 0 Å². The van der Waals surface area contributed by atoms with Crippen LogP contribution in [0, 0.1) is 0 Å². The fourth-order valence-corrected chi connectivity index (χ4v) is 0.655. The van der Waals surface area contributed by atoms with Gasteiger partial charge in [0.15, 0.2) is 0 Å². The van der Waals surface area contributed by atoms with E-state index in [0.717, 1.165) is 0 Å². The molecule has 0 heterocycles. The molecule has 0 fully saturated rings. The van der Waals surface area contributed by atoms with Crippen LogP contribution in [0.2, 0.25) is 0 Å². The summed E-state index contributed by atoms with van der Waals surface area (Å²) in [7, 11) is 0. The van der Waals surface area contributed by atoms with E-state index in [2.05, 4.69) is 0 Å². The molecule has 0 saturated carbocycles. The van der Waals surface area contributed by atoms with Crippen molar-refractivity contribution in [2.75, 3.05) is 6.54 Å². The molecule has 0 rings (SSSR count). The third-order valence-electron chi connectivity index (χ3n) is 1.47. The van der Waals surface area contributed by atoms with Crippen molar-refractivity contribution in [1.29, 1.82) is 0 Å². The van der Waals surface area contributed by atoms with Gasteiger partial charge in [-0.15, -0.1) is 0 Å². The molecule has 12 heteroatoms. The first kappa shape index (κ1) is 20.0. The Balaban J connectivity index is 0. The Morgan fingerprint density at radius 1 is 1.15 bits per heavy atom. The average molecular weight is 303 g/mol. The number of hydrogen-bond donors (Lipinski definition) is 5. The van der Waals surface area contributed by atoms with Crippen molar-refractivity contribution in [3.05, 3.63) is 0 Å². The maximum Gasteiger partial charge on any atom is 0.490 e. The molecule has 0 unspecified atom stereocenters. The molecule has 7 N–H and O–H groups in total. The highest BCUT2D eigenvalue weighted by Gasteiger charge is 2.38. The predicted molar refractivity (Wildman–Crippen MR) is 56.1 cm³/mol. The van der Waals surface area contributed by atoms with Crippen molar-refractivity contribution in [1.82, 2.24) is 5.32 Å². The first-order chi connectivity index (χ1) is 8.91. The molecule has 2 amide bonds. The highest BCUT2D eigenvalue weighted by atomic mass is 19.4. The van der Waals surface area contributed by atoms with Crippen LogP contribution in [0.3, 0.4) is 0 Å². The number of aliphatic carboxylic acids is 2. The second-order valence-corrected chi connectivity index (χ2v) is 3.14. The number of carboxylic acid groups (broad SMARTS) is 2. The Kier molecular flexibility index (Phi) is 8.67. The summed E-state index contributed by atoms with van der Waals surface area (Å²) in [5.74, 6) is -5.52. The molecule has 9 nitrogen and oxygen atoms in total. The van der Waals surface area contributed by atoms with Gasteiger partial charge in [-0.2, -0.15) is 13.2 Å². The molecule has 0 bridgehead atoms. The molecular weight excluding hydrogens is 291 g/mol.